The number of nitrogens with zero attached hydrogens (tertiary/aromatic N) is 1. The smallest absolute Gasteiger partial charge is 0.0936 e. The number of hydrogen-bond acceptors (Lipinski definition) is 4. The van der Waals surface area contributed by atoms with Gasteiger partial charge < -0.3 is 15.6 Å². The van der Waals surface area contributed by atoms with Crippen molar-refractivity contribution in [2.75, 3.05) is 26.2 Å². The summed E-state index contributed by atoms with van der Waals surface area (Å²) in [6, 6.07) is 0. The Kier molecular flexibility index (Phi) is 6.06. The molecule has 0 saturated carbocycles. The lowest BCUT2D eigenvalue weighted by Gasteiger charge is -2.39. The zero-order valence-electron chi connectivity index (χ0n) is 9.77. The molecule has 3 N–H and O–H groups in total. The second-order valence-corrected chi connectivity index (χ2v) is 4.93. The Morgan fingerprint density at radius 2 is 2.07 bits per heavy atom. The molecule has 1 rings (SSSR count). The molecule has 15 heavy (non-hydrogen) atoms. The lowest BCUT2D eigenvalue weighted by Crippen LogP contribution is -2.54. The van der Waals surface area contributed by atoms with Gasteiger partial charge in [0.2, 0.25) is 0 Å². The van der Waals surface area contributed by atoms with Crippen LogP contribution in [-0.4, -0.2) is 54.0 Å². The van der Waals surface area contributed by atoms with Crippen LogP contribution in [0.25, 0.3) is 0 Å². The molecule has 92 valence electrons. The van der Waals surface area contributed by atoms with Gasteiger partial charge in [0.25, 0.3) is 0 Å². The van der Waals surface area contributed by atoms with Gasteiger partial charge in [-0.3, -0.25) is 4.90 Å². The minimum atomic E-state index is -0.183. The van der Waals surface area contributed by atoms with Crippen LogP contribution in [0, 0.1) is 0 Å². The first-order chi connectivity index (χ1) is 6.40. The summed E-state index contributed by atoms with van der Waals surface area (Å²) in [5.74, 6) is 0. The van der Waals surface area contributed by atoms with Gasteiger partial charge in [0.05, 0.1) is 18.8 Å². The molecule has 0 aliphatic carbocycles. The molecule has 1 fully saturated rings. The van der Waals surface area contributed by atoms with Crippen LogP contribution >= 0.6 is 12.4 Å². The molecule has 1 aliphatic heterocycles. The summed E-state index contributed by atoms with van der Waals surface area (Å²) in [6.45, 7) is 8.67. The molecule has 2 atom stereocenters. The third-order valence-corrected chi connectivity index (χ3v) is 2.24. The molecular weight excluding hydrogens is 216 g/mol. The van der Waals surface area contributed by atoms with Crippen LogP contribution in [0.2, 0.25) is 0 Å². The normalized spacial score (nSPS) is 28.6. The van der Waals surface area contributed by atoms with Crippen molar-refractivity contribution < 1.29 is 9.84 Å². The van der Waals surface area contributed by atoms with Crippen molar-refractivity contribution in [2.45, 2.75) is 38.5 Å². The third-order valence-electron chi connectivity index (χ3n) is 2.24. The van der Waals surface area contributed by atoms with E-state index in [0.717, 1.165) is 19.6 Å². The zero-order valence-corrected chi connectivity index (χ0v) is 10.6. The van der Waals surface area contributed by atoms with E-state index in [2.05, 4.69) is 4.90 Å². The molecule has 0 bridgehead atoms. The molecule has 0 amide bonds. The van der Waals surface area contributed by atoms with Crippen LogP contribution in [0.3, 0.4) is 0 Å². The number of nitrogens with two attached hydrogens (primary N) is 1. The fraction of sp³-hybridized carbons (Fsp3) is 1.00. The quantitative estimate of drug-likeness (QED) is 0.739. The highest BCUT2D eigenvalue weighted by molar-refractivity contribution is 5.85. The molecule has 2 unspecified atom stereocenters. The minimum Gasteiger partial charge on any atom is -0.394 e. The topological polar surface area (TPSA) is 58.7 Å². The maximum Gasteiger partial charge on any atom is 0.0936 e. The van der Waals surface area contributed by atoms with Crippen molar-refractivity contribution in [2.24, 2.45) is 5.73 Å². The van der Waals surface area contributed by atoms with Crippen molar-refractivity contribution in [1.82, 2.24) is 4.90 Å². The number of rotatable bonds is 3. The van der Waals surface area contributed by atoms with Crippen molar-refractivity contribution in [3.05, 3.63) is 0 Å². The van der Waals surface area contributed by atoms with Crippen molar-refractivity contribution >= 4 is 12.4 Å². The van der Waals surface area contributed by atoms with E-state index in [4.69, 9.17) is 15.6 Å². The second kappa shape index (κ2) is 6.01. The van der Waals surface area contributed by atoms with E-state index >= 15 is 0 Å². The highest BCUT2D eigenvalue weighted by atomic mass is 35.5. The SMILES string of the molecule is CC1CN(CC(C)(C)N)CC(CO)O1.Cl. The summed E-state index contributed by atoms with van der Waals surface area (Å²) >= 11 is 0. The predicted molar refractivity (Wildman–Crippen MR) is 63.4 cm³/mol. The van der Waals surface area contributed by atoms with Gasteiger partial charge in [0.1, 0.15) is 0 Å². The first-order valence-corrected chi connectivity index (χ1v) is 5.18. The van der Waals surface area contributed by atoms with Gasteiger partial charge in [0, 0.05) is 25.2 Å². The van der Waals surface area contributed by atoms with E-state index in [0.29, 0.717) is 0 Å². The summed E-state index contributed by atoms with van der Waals surface area (Å²) in [4.78, 5) is 2.26. The number of morpholine rings is 1. The average molecular weight is 239 g/mol. The molecule has 5 heteroatoms. The fourth-order valence-corrected chi connectivity index (χ4v) is 1.95. The van der Waals surface area contributed by atoms with Gasteiger partial charge in [-0.05, 0) is 20.8 Å². The summed E-state index contributed by atoms with van der Waals surface area (Å²) in [5.41, 5.74) is 5.77. The Labute approximate surface area is 98.2 Å². The minimum absolute atomic E-state index is 0. The van der Waals surface area contributed by atoms with Crippen molar-refractivity contribution in [3.8, 4) is 0 Å². The molecule has 4 nitrogen and oxygen atoms in total. The van der Waals surface area contributed by atoms with E-state index in [1.165, 1.54) is 0 Å². The van der Waals surface area contributed by atoms with Crippen LogP contribution in [0.4, 0.5) is 0 Å². The van der Waals surface area contributed by atoms with E-state index < -0.39 is 0 Å². The molecule has 1 saturated heterocycles. The molecule has 0 aromatic rings. The van der Waals surface area contributed by atoms with Gasteiger partial charge in [-0.1, -0.05) is 0 Å². The van der Waals surface area contributed by atoms with Crippen LogP contribution in [-0.2, 0) is 4.74 Å². The molecule has 1 heterocycles. The predicted octanol–water partition coefficient (Wildman–Crippen LogP) is 0.227. The van der Waals surface area contributed by atoms with E-state index in [1.54, 1.807) is 0 Å². The Morgan fingerprint density at radius 1 is 1.47 bits per heavy atom. The Bertz CT molecular complexity index is 185. The summed E-state index contributed by atoms with van der Waals surface area (Å²) in [6.07, 6.45) is 0.129. The fourth-order valence-electron chi connectivity index (χ4n) is 1.95. The molecule has 0 spiro atoms. The maximum absolute atomic E-state index is 9.04. The van der Waals surface area contributed by atoms with Crippen molar-refractivity contribution in [1.29, 1.82) is 0 Å². The average Bonchev–Trinajstić information content (AvgIpc) is 1.99. The monoisotopic (exact) mass is 238 g/mol. The second-order valence-electron chi connectivity index (χ2n) is 4.93. The van der Waals surface area contributed by atoms with Gasteiger partial charge in [0.15, 0.2) is 0 Å². The molecule has 0 aromatic heterocycles. The van der Waals surface area contributed by atoms with Crippen LogP contribution < -0.4 is 5.73 Å². The first-order valence-electron chi connectivity index (χ1n) is 5.18. The Morgan fingerprint density at radius 3 is 2.53 bits per heavy atom. The maximum atomic E-state index is 9.04. The third kappa shape index (κ3) is 5.68. The van der Waals surface area contributed by atoms with Gasteiger partial charge in [-0.2, -0.15) is 0 Å². The number of halogens is 1. The van der Waals surface area contributed by atoms with Crippen LogP contribution in [0.15, 0.2) is 0 Å². The highest BCUT2D eigenvalue weighted by Crippen LogP contribution is 2.13. The molecule has 1 aliphatic rings. The van der Waals surface area contributed by atoms with Gasteiger partial charge >= 0.3 is 0 Å². The summed E-state index contributed by atoms with van der Waals surface area (Å²) in [5, 5.41) is 9.04. The lowest BCUT2D eigenvalue weighted by atomic mass is 10.1. The first kappa shape index (κ1) is 15.1. The summed E-state index contributed by atoms with van der Waals surface area (Å²) < 4.78 is 5.55. The van der Waals surface area contributed by atoms with Crippen LogP contribution in [0.1, 0.15) is 20.8 Å². The van der Waals surface area contributed by atoms with E-state index in [1.807, 2.05) is 20.8 Å². The van der Waals surface area contributed by atoms with Gasteiger partial charge in [-0.15, -0.1) is 12.4 Å². The zero-order chi connectivity index (χ0) is 10.8. The molecule has 0 radical (unpaired) electrons. The van der Waals surface area contributed by atoms with E-state index in [9.17, 15) is 0 Å². The Balaban J connectivity index is 0.00000196. The molecule has 0 aromatic carbocycles. The Hall–Kier alpha value is 0.130. The largest absolute Gasteiger partial charge is 0.394 e. The molecular formula is C10H23ClN2O2. The van der Waals surface area contributed by atoms with Crippen molar-refractivity contribution in [3.63, 3.8) is 0 Å². The number of aliphatic hydroxyl groups is 1. The number of aliphatic hydroxyl groups excluding tert-OH is 1. The number of hydrogen-bond donors (Lipinski definition) is 2. The number of ether oxygens (including phenoxy) is 1. The van der Waals surface area contributed by atoms with E-state index in [-0.39, 0.29) is 36.8 Å². The summed E-state index contributed by atoms with van der Waals surface area (Å²) in [7, 11) is 0. The lowest BCUT2D eigenvalue weighted by molar-refractivity contribution is -0.0978. The van der Waals surface area contributed by atoms with Gasteiger partial charge in [-0.25, -0.2) is 0 Å². The standard InChI is InChI=1S/C10H22N2O2.ClH/c1-8-4-12(7-10(2,3)11)5-9(6-13)14-8;/h8-9,13H,4-7,11H2,1-3H3;1H. The van der Waals surface area contributed by atoms with Crippen LogP contribution in [0.5, 0.6) is 0 Å². The highest BCUT2D eigenvalue weighted by Gasteiger charge is 2.27.